The Labute approximate surface area is 173 Å². The number of benzene rings is 1. The number of piperidine rings is 1. The van der Waals surface area contributed by atoms with E-state index in [2.05, 4.69) is 17.4 Å². The molecule has 1 saturated heterocycles. The van der Waals surface area contributed by atoms with Crippen LogP contribution in [0.4, 0.5) is 4.79 Å². The molecule has 2 saturated carbocycles. The van der Waals surface area contributed by atoms with Crippen LogP contribution in [-0.4, -0.2) is 32.1 Å². The Balaban J connectivity index is 1.21. The third-order valence-electron chi connectivity index (χ3n) is 7.93. The van der Waals surface area contributed by atoms with Gasteiger partial charge in [-0.25, -0.2) is 4.79 Å². The lowest BCUT2D eigenvalue weighted by atomic mass is 9.53. The van der Waals surface area contributed by atoms with E-state index in [1.54, 1.807) is 0 Å². The predicted molar refractivity (Wildman–Crippen MR) is 110 cm³/mol. The minimum Gasteiger partial charge on any atom is -0.457 e. The highest BCUT2D eigenvalue weighted by molar-refractivity contribution is 5.59. The second-order valence-corrected chi connectivity index (χ2v) is 9.46. The molecular formula is C24H33NO4. The van der Waals surface area contributed by atoms with Crippen LogP contribution in [0, 0.1) is 11.8 Å². The third-order valence-corrected chi connectivity index (χ3v) is 7.93. The Morgan fingerprint density at radius 3 is 2.83 bits per heavy atom. The molecule has 158 valence electrons. The van der Waals surface area contributed by atoms with Gasteiger partial charge < -0.3 is 19.5 Å². The molecule has 5 nitrogen and oxygen atoms in total. The lowest BCUT2D eigenvalue weighted by Gasteiger charge is -2.56. The zero-order valence-electron chi connectivity index (χ0n) is 17.3. The molecule has 3 fully saturated rings. The van der Waals surface area contributed by atoms with Crippen molar-refractivity contribution in [3.63, 3.8) is 0 Å². The molecule has 5 rings (SSSR count). The lowest BCUT2D eigenvalue weighted by Crippen LogP contribution is -2.59. The Bertz CT molecular complexity index is 740. The number of rotatable bonds is 5. The molecule has 1 aromatic rings. The van der Waals surface area contributed by atoms with Crippen LogP contribution in [0.15, 0.2) is 18.2 Å². The fourth-order valence-electron chi connectivity index (χ4n) is 6.54. The van der Waals surface area contributed by atoms with Gasteiger partial charge in [0, 0.05) is 11.5 Å². The topological polar surface area (TPSA) is 56.8 Å². The number of ether oxygens (including phenoxy) is 3. The highest BCUT2D eigenvalue weighted by atomic mass is 16.8. The van der Waals surface area contributed by atoms with E-state index in [0.717, 1.165) is 37.5 Å². The molecule has 0 spiro atoms. The van der Waals surface area contributed by atoms with Gasteiger partial charge in [-0.2, -0.15) is 0 Å². The van der Waals surface area contributed by atoms with Crippen molar-refractivity contribution in [1.82, 2.24) is 5.32 Å². The van der Waals surface area contributed by atoms with E-state index in [9.17, 15) is 4.79 Å². The molecular weight excluding hydrogens is 366 g/mol. The van der Waals surface area contributed by atoms with E-state index in [4.69, 9.17) is 14.2 Å². The summed E-state index contributed by atoms with van der Waals surface area (Å²) in [7, 11) is 0. The summed E-state index contributed by atoms with van der Waals surface area (Å²) >= 11 is 0. The molecule has 0 amide bonds. The van der Waals surface area contributed by atoms with E-state index in [1.807, 2.05) is 6.07 Å². The van der Waals surface area contributed by atoms with Crippen molar-refractivity contribution in [2.45, 2.75) is 75.7 Å². The van der Waals surface area contributed by atoms with Gasteiger partial charge in [-0.15, -0.1) is 0 Å². The maximum absolute atomic E-state index is 11.8. The van der Waals surface area contributed by atoms with Gasteiger partial charge in [0.2, 0.25) is 6.79 Å². The van der Waals surface area contributed by atoms with E-state index in [1.165, 1.54) is 56.1 Å². The first-order valence-electron chi connectivity index (χ1n) is 11.5. The van der Waals surface area contributed by atoms with Crippen LogP contribution in [0.5, 0.6) is 5.75 Å². The van der Waals surface area contributed by atoms with Gasteiger partial charge in [0.1, 0.15) is 5.75 Å². The average molecular weight is 400 g/mol. The molecule has 1 heterocycles. The molecule has 3 aliphatic carbocycles. The molecule has 1 aliphatic heterocycles. The molecule has 1 N–H and O–H groups in total. The van der Waals surface area contributed by atoms with Gasteiger partial charge in [0.25, 0.3) is 0 Å². The zero-order valence-corrected chi connectivity index (χ0v) is 17.3. The molecule has 29 heavy (non-hydrogen) atoms. The Hall–Kier alpha value is -1.75. The summed E-state index contributed by atoms with van der Waals surface area (Å²) in [5.74, 6) is 2.04. The van der Waals surface area contributed by atoms with Crippen LogP contribution in [-0.2, 0) is 21.3 Å². The van der Waals surface area contributed by atoms with Crippen LogP contribution in [0.25, 0.3) is 0 Å². The zero-order chi connectivity index (χ0) is 19.7. The second kappa shape index (κ2) is 8.17. The lowest BCUT2D eigenvalue weighted by molar-refractivity contribution is -0.00134. The van der Waals surface area contributed by atoms with Crippen LogP contribution in [0.3, 0.4) is 0 Å². The monoisotopic (exact) mass is 399 g/mol. The summed E-state index contributed by atoms with van der Waals surface area (Å²) in [6.45, 7) is 1.49. The van der Waals surface area contributed by atoms with Gasteiger partial charge in [-0.3, -0.25) is 0 Å². The van der Waals surface area contributed by atoms with E-state index in [0.29, 0.717) is 24.0 Å². The molecule has 0 radical (unpaired) electrons. The first-order valence-corrected chi connectivity index (χ1v) is 11.5. The van der Waals surface area contributed by atoms with E-state index < -0.39 is 6.16 Å². The maximum Gasteiger partial charge on any atom is 0.511 e. The summed E-state index contributed by atoms with van der Waals surface area (Å²) in [6, 6.07) is 7.08. The highest BCUT2D eigenvalue weighted by Crippen LogP contribution is 2.54. The smallest absolute Gasteiger partial charge is 0.457 e. The Morgan fingerprint density at radius 1 is 1.07 bits per heavy atom. The second-order valence-electron chi connectivity index (χ2n) is 9.46. The minimum atomic E-state index is -0.623. The van der Waals surface area contributed by atoms with Crippen molar-refractivity contribution in [2.75, 3.05) is 19.9 Å². The summed E-state index contributed by atoms with van der Waals surface area (Å²) in [6.07, 6.45) is 11.8. The summed E-state index contributed by atoms with van der Waals surface area (Å²) in [4.78, 5) is 11.8. The van der Waals surface area contributed by atoms with Gasteiger partial charge in [0.15, 0.2) is 0 Å². The predicted octanol–water partition coefficient (Wildman–Crippen LogP) is 4.71. The molecule has 0 aromatic heterocycles. The van der Waals surface area contributed by atoms with Crippen molar-refractivity contribution in [3.05, 3.63) is 29.3 Å². The minimum absolute atomic E-state index is 0.0943. The van der Waals surface area contributed by atoms with Crippen LogP contribution in [0.2, 0.25) is 0 Å². The van der Waals surface area contributed by atoms with Crippen molar-refractivity contribution < 1.29 is 19.0 Å². The first kappa shape index (κ1) is 19.2. The fourth-order valence-corrected chi connectivity index (χ4v) is 6.54. The normalized spacial score (nSPS) is 30.9. The highest BCUT2D eigenvalue weighted by Gasteiger charge is 2.51. The summed E-state index contributed by atoms with van der Waals surface area (Å²) in [5.41, 5.74) is 3.26. The average Bonchev–Trinajstić information content (AvgIpc) is 3.26. The van der Waals surface area contributed by atoms with Crippen LogP contribution in [0.1, 0.15) is 68.9 Å². The molecule has 2 bridgehead atoms. The largest absolute Gasteiger partial charge is 0.511 e. The van der Waals surface area contributed by atoms with Crippen molar-refractivity contribution >= 4 is 6.16 Å². The van der Waals surface area contributed by atoms with Crippen molar-refractivity contribution in [1.29, 1.82) is 0 Å². The number of nitrogens with one attached hydrogen (secondary N) is 1. The SMILES string of the molecule is O=C(OCOc1ccc2c(c1)[C@]13CCCC[C@@H]1[C@H](C2)NCC3)OCC1CCCC1. The van der Waals surface area contributed by atoms with Gasteiger partial charge in [-0.1, -0.05) is 31.7 Å². The van der Waals surface area contributed by atoms with E-state index in [-0.39, 0.29) is 6.79 Å². The number of hydrogen-bond acceptors (Lipinski definition) is 5. The molecule has 0 unspecified atom stereocenters. The third kappa shape index (κ3) is 3.74. The van der Waals surface area contributed by atoms with Gasteiger partial charge in [-0.05, 0) is 80.2 Å². The van der Waals surface area contributed by atoms with Crippen LogP contribution < -0.4 is 10.1 Å². The molecule has 3 atom stereocenters. The maximum atomic E-state index is 11.8. The number of carbonyl (C=O) groups is 1. The molecule has 1 aromatic carbocycles. The van der Waals surface area contributed by atoms with Crippen LogP contribution >= 0.6 is 0 Å². The quantitative estimate of drug-likeness (QED) is 0.574. The Morgan fingerprint density at radius 2 is 1.93 bits per heavy atom. The number of hydrogen-bond donors (Lipinski definition) is 1. The number of carbonyl (C=O) groups excluding carboxylic acids is 1. The standard InChI is InChI=1S/C24H33NO4/c26-23(27-15-17-5-1-2-6-17)29-16-28-19-9-8-18-13-22-20-7-3-4-10-24(20,11-12-25-22)21(18)14-19/h8-9,14,17,20,22,25H,1-7,10-13,15-16H2/t20-,22+,24+/m1/s1. The van der Waals surface area contributed by atoms with Gasteiger partial charge >= 0.3 is 6.16 Å². The Kier molecular flexibility index (Phi) is 5.42. The summed E-state index contributed by atoms with van der Waals surface area (Å²) < 4.78 is 16.2. The molecule has 5 heteroatoms. The van der Waals surface area contributed by atoms with Gasteiger partial charge in [0.05, 0.1) is 6.61 Å². The first-order chi connectivity index (χ1) is 14.2. The summed E-state index contributed by atoms with van der Waals surface area (Å²) in [5, 5.41) is 3.78. The van der Waals surface area contributed by atoms with Crippen molar-refractivity contribution in [2.24, 2.45) is 11.8 Å². The molecule has 4 aliphatic rings. The van der Waals surface area contributed by atoms with E-state index >= 15 is 0 Å². The van der Waals surface area contributed by atoms with Crippen molar-refractivity contribution in [3.8, 4) is 5.75 Å². The fraction of sp³-hybridized carbons (Fsp3) is 0.708. The number of fused-ring (bicyclic) bond motifs is 1.